The van der Waals surface area contributed by atoms with Gasteiger partial charge in [-0.05, 0) is 18.6 Å². The van der Waals surface area contributed by atoms with Gasteiger partial charge in [0.2, 0.25) is 11.7 Å². The lowest BCUT2D eigenvalue weighted by Crippen LogP contribution is -2.35. The van der Waals surface area contributed by atoms with E-state index in [1.807, 2.05) is 0 Å². The fraction of sp³-hybridized carbons (Fsp3) is 0.222. The second-order valence-corrected chi connectivity index (χ2v) is 2.96. The van der Waals surface area contributed by atoms with Gasteiger partial charge in [0, 0.05) is 12.0 Å². The highest BCUT2D eigenvalue weighted by Gasteiger charge is 2.27. The lowest BCUT2D eigenvalue weighted by molar-refractivity contribution is -0.123. The Kier molecular flexibility index (Phi) is 1.62. The maximum Gasteiger partial charge on any atom is 0.224 e. The number of ketones is 2. The van der Waals surface area contributed by atoms with E-state index in [1.165, 1.54) is 12.2 Å². The summed E-state index contributed by atoms with van der Waals surface area (Å²) >= 11 is 0. The molecule has 0 atom stereocenters. The molecule has 0 aromatic heterocycles. The highest BCUT2D eigenvalue weighted by Crippen LogP contribution is 2.20. The lowest BCUT2D eigenvalue weighted by atomic mass is 9.93. The van der Waals surface area contributed by atoms with Crippen LogP contribution in [0.1, 0.15) is 12.8 Å². The predicted molar refractivity (Wildman–Crippen MR) is 43.6 cm³/mol. The monoisotopic (exact) mass is 177 g/mol. The van der Waals surface area contributed by atoms with E-state index in [1.54, 1.807) is 0 Å². The zero-order chi connectivity index (χ0) is 9.42. The third-order valence-corrected chi connectivity index (χ3v) is 2.10. The zero-order valence-electron chi connectivity index (χ0n) is 6.79. The van der Waals surface area contributed by atoms with Crippen LogP contribution in [0.5, 0.6) is 0 Å². The molecule has 0 saturated heterocycles. The van der Waals surface area contributed by atoms with Gasteiger partial charge in [-0.15, -0.1) is 0 Å². The van der Waals surface area contributed by atoms with Crippen molar-refractivity contribution in [2.24, 2.45) is 0 Å². The number of carbonyl (C=O) groups is 3. The summed E-state index contributed by atoms with van der Waals surface area (Å²) in [6, 6.07) is 0. The molecular weight excluding hydrogens is 170 g/mol. The Labute approximate surface area is 74.3 Å². The molecule has 1 heterocycles. The summed E-state index contributed by atoms with van der Waals surface area (Å²) in [5.41, 5.74) is 0.607. The van der Waals surface area contributed by atoms with Gasteiger partial charge in [-0.3, -0.25) is 14.4 Å². The van der Waals surface area contributed by atoms with Gasteiger partial charge in [-0.2, -0.15) is 0 Å². The van der Waals surface area contributed by atoms with Gasteiger partial charge in [0.1, 0.15) is 0 Å². The molecule has 4 heteroatoms. The van der Waals surface area contributed by atoms with Crippen molar-refractivity contribution in [2.75, 3.05) is 0 Å². The maximum absolute atomic E-state index is 11.2. The average Bonchev–Trinajstić information content (AvgIpc) is 2.12. The summed E-state index contributed by atoms with van der Waals surface area (Å²) in [4.78, 5) is 33.4. The first-order valence-corrected chi connectivity index (χ1v) is 3.98. The van der Waals surface area contributed by atoms with Gasteiger partial charge < -0.3 is 5.32 Å². The molecule has 0 bridgehead atoms. The van der Waals surface area contributed by atoms with Gasteiger partial charge >= 0.3 is 0 Å². The Morgan fingerprint density at radius 3 is 2.46 bits per heavy atom. The number of rotatable bonds is 0. The van der Waals surface area contributed by atoms with Gasteiger partial charge in [0.25, 0.3) is 0 Å². The molecule has 1 aliphatic carbocycles. The second kappa shape index (κ2) is 2.65. The second-order valence-electron chi connectivity index (χ2n) is 2.96. The standard InChI is InChI=1S/C9H7NO3/c11-6-2-3-7(12)9-5(6)1-4-8(13)10-9/h2-3H,1,4H2,(H,10,13). The van der Waals surface area contributed by atoms with Crippen molar-refractivity contribution in [3.63, 3.8) is 0 Å². The Morgan fingerprint density at radius 2 is 1.69 bits per heavy atom. The summed E-state index contributed by atoms with van der Waals surface area (Å²) in [6.45, 7) is 0. The van der Waals surface area contributed by atoms with Crippen LogP contribution in [0.2, 0.25) is 0 Å². The molecule has 0 aromatic rings. The number of hydrogen-bond acceptors (Lipinski definition) is 3. The van der Waals surface area contributed by atoms with Crippen molar-refractivity contribution >= 4 is 17.5 Å². The Hall–Kier alpha value is -1.71. The Balaban J connectivity index is 2.44. The van der Waals surface area contributed by atoms with Crippen LogP contribution in [0.4, 0.5) is 0 Å². The average molecular weight is 177 g/mol. The van der Waals surface area contributed by atoms with Gasteiger partial charge in [0.05, 0.1) is 5.70 Å². The fourth-order valence-electron chi connectivity index (χ4n) is 1.43. The van der Waals surface area contributed by atoms with Crippen LogP contribution in [0.25, 0.3) is 0 Å². The largest absolute Gasteiger partial charge is 0.322 e. The number of hydrogen-bond donors (Lipinski definition) is 1. The molecule has 66 valence electrons. The SMILES string of the molecule is O=C1CCC2=C(N1)C(=O)C=CC2=O. The van der Waals surface area contributed by atoms with Crippen molar-refractivity contribution in [1.82, 2.24) is 5.32 Å². The van der Waals surface area contributed by atoms with Crippen LogP contribution in [0.15, 0.2) is 23.4 Å². The summed E-state index contributed by atoms with van der Waals surface area (Å²) in [5.74, 6) is -0.660. The molecule has 1 N–H and O–H groups in total. The molecule has 1 amide bonds. The van der Waals surface area contributed by atoms with Crippen LogP contribution < -0.4 is 5.32 Å². The maximum atomic E-state index is 11.2. The third kappa shape index (κ3) is 1.20. The molecule has 0 unspecified atom stereocenters. The van der Waals surface area contributed by atoms with Crippen molar-refractivity contribution in [2.45, 2.75) is 12.8 Å². The summed E-state index contributed by atoms with van der Waals surface area (Å²) in [7, 11) is 0. The Bertz CT molecular complexity index is 376. The number of allylic oxidation sites excluding steroid dienone is 3. The van der Waals surface area contributed by atoms with E-state index in [9.17, 15) is 14.4 Å². The molecule has 0 radical (unpaired) electrons. The van der Waals surface area contributed by atoms with Crippen molar-refractivity contribution < 1.29 is 14.4 Å². The van der Waals surface area contributed by atoms with Crippen molar-refractivity contribution in [1.29, 1.82) is 0 Å². The van der Waals surface area contributed by atoms with Crippen LogP contribution in [0, 0.1) is 0 Å². The van der Waals surface area contributed by atoms with E-state index >= 15 is 0 Å². The van der Waals surface area contributed by atoms with Crippen LogP contribution in [0.3, 0.4) is 0 Å². The minimum atomic E-state index is -0.289. The number of carbonyl (C=O) groups excluding carboxylic acids is 3. The summed E-state index contributed by atoms with van der Waals surface area (Å²) in [6.07, 6.45) is 3.09. The normalized spacial score (nSPS) is 21.7. The molecule has 0 spiro atoms. The van der Waals surface area contributed by atoms with Crippen LogP contribution >= 0.6 is 0 Å². The number of nitrogens with one attached hydrogen (secondary N) is 1. The van der Waals surface area contributed by atoms with E-state index in [0.29, 0.717) is 12.0 Å². The third-order valence-electron chi connectivity index (χ3n) is 2.10. The topological polar surface area (TPSA) is 63.2 Å². The highest BCUT2D eigenvalue weighted by molar-refractivity contribution is 6.21. The Morgan fingerprint density at radius 1 is 1.00 bits per heavy atom. The predicted octanol–water partition coefficient (Wildman–Crippen LogP) is -0.142. The smallest absolute Gasteiger partial charge is 0.224 e. The number of amides is 1. The van der Waals surface area contributed by atoms with Gasteiger partial charge in [0.15, 0.2) is 5.78 Å². The fourth-order valence-corrected chi connectivity index (χ4v) is 1.43. The summed E-state index contributed by atoms with van der Waals surface area (Å²) < 4.78 is 0. The van der Waals surface area contributed by atoms with Crippen LogP contribution in [-0.2, 0) is 14.4 Å². The van der Waals surface area contributed by atoms with Crippen molar-refractivity contribution in [3.05, 3.63) is 23.4 Å². The zero-order valence-corrected chi connectivity index (χ0v) is 6.79. The molecule has 4 nitrogen and oxygen atoms in total. The first-order valence-electron chi connectivity index (χ1n) is 3.98. The quantitative estimate of drug-likeness (QED) is 0.524. The van der Waals surface area contributed by atoms with Gasteiger partial charge in [-0.1, -0.05) is 0 Å². The molecular formula is C9H7NO3. The van der Waals surface area contributed by atoms with Gasteiger partial charge in [-0.25, -0.2) is 0 Å². The van der Waals surface area contributed by atoms with E-state index in [2.05, 4.69) is 5.32 Å². The molecule has 13 heavy (non-hydrogen) atoms. The molecule has 2 rings (SSSR count). The highest BCUT2D eigenvalue weighted by atomic mass is 16.2. The van der Waals surface area contributed by atoms with E-state index < -0.39 is 0 Å². The minimum Gasteiger partial charge on any atom is -0.322 e. The molecule has 0 saturated carbocycles. The molecule has 0 fully saturated rings. The first kappa shape index (κ1) is 7.91. The molecule has 2 aliphatic rings. The van der Waals surface area contributed by atoms with E-state index in [4.69, 9.17) is 0 Å². The minimum absolute atomic E-state index is 0.170. The van der Waals surface area contributed by atoms with E-state index in [-0.39, 0.29) is 29.6 Å². The molecule has 1 aliphatic heterocycles. The first-order chi connectivity index (χ1) is 6.18. The van der Waals surface area contributed by atoms with Crippen LogP contribution in [-0.4, -0.2) is 17.5 Å². The molecule has 0 aromatic carbocycles. The summed E-state index contributed by atoms with van der Waals surface area (Å²) in [5, 5.41) is 2.42. The van der Waals surface area contributed by atoms with E-state index in [0.717, 1.165) is 0 Å². The van der Waals surface area contributed by atoms with Crippen molar-refractivity contribution in [3.8, 4) is 0 Å². The lowest BCUT2D eigenvalue weighted by Gasteiger charge is -2.19.